The quantitative estimate of drug-likeness (QED) is 0.470. The predicted octanol–water partition coefficient (Wildman–Crippen LogP) is 5.20. The molecule has 0 radical (unpaired) electrons. The third-order valence-electron chi connectivity index (χ3n) is 6.43. The fourth-order valence-electron chi connectivity index (χ4n) is 4.46. The highest BCUT2D eigenvalue weighted by molar-refractivity contribution is 5.71. The highest BCUT2D eigenvalue weighted by Gasteiger charge is 2.23. The van der Waals surface area contributed by atoms with Crippen molar-refractivity contribution in [1.29, 1.82) is 0 Å². The van der Waals surface area contributed by atoms with Crippen LogP contribution in [0.2, 0.25) is 0 Å². The van der Waals surface area contributed by atoms with E-state index in [0.29, 0.717) is 53.3 Å². The Morgan fingerprint density at radius 3 is 2.50 bits per heavy atom. The standard InChI is InChI=1S/C25H34F2N4O/c1-16(15-32-2)30-19-6-8-20(9-7-19)31-25-12-21(23(27)14-29-25)18-5-10-22(26)24(11-18)28-13-17-3-4-17/h5,10-12,14,16-17,19-20,28,30H,3-4,6-9,13,15H2,1-2H3,(H,29,31). The summed E-state index contributed by atoms with van der Waals surface area (Å²) in [4.78, 5) is 4.25. The first kappa shape index (κ1) is 22.9. The molecule has 4 rings (SSSR count). The van der Waals surface area contributed by atoms with Crippen LogP contribution in [-0.4, -0.2) is 43.4 Å². The Hall–Kier alpha value is -2.25. The lowest BCUT2D eigenvalue weighted by atomic mass is 9.90. The average molecular weight is 445 g/mol. The first-order valence-electron chi connectivity index (χ1n) is 11.7. The Labute approximate surface area is 189 Å². The number of aromatic nitrogens is 1. The lowest BCUT2D eigenvalue weighted by Gasteiger charge is -2.31. The van der Waals surface area contributed by atoms with Crippen LogP contribution in [-0.2, 0) is 4.74 Å². The van der Waals surface area contributed by atoms with Crippen LogP contribution in [0.3, 0.4) is 0 Å². The highest BCUT2D eigenvalue weighted by Crippen LogP contribution is 2.32. The molecule has 1 unspecified atom stereocenters. The molecule has 0 spiro atoms. The summed E-state index contributed by atoms with van der Waals surface area (Å²) < 4.78 is 34.0. The molecule has 3 N–H and O–H groups in total. The van der Waals surface area contributed by atoms with Crippen molar-refractivity contribution in [3.8, 4) is 11.1 Å². The van der Waals surface area contributed by atoms with Crippen molar-refractivity contribution in [2.75, 3.05) is 30.9 Å². The number of halogens is 2. The Morgan fingerprint density at radius 2 is 1.78 bits per heavy atom. The summed E-state index contributed by atoms with van der Waals surface area (Å²) in [7, 11) is 1.72. The second-order valence-corrected chi connectivity index (χ2v) is 9.28. The van der Waals surface area contributed by atoms with Gasteiger partial charge < -0.3 is 20.7 Å². The van der Waals surface area contributed by atoms with E-state index in [1.165, 1.54) is 25.1 Å². The maximum atomic E-state index is 14.6. The number of nitrogens with zero attached hydrogens (tertiary/aromatic N) is 1. The largest absolute Gasteiger partial charge is 0.383 e. The molecule has 0 bridgehead atoms. The number of ether oxygens (including phenoxy) is 1. The van der Waals surface area contributed by atoms with Gasteiger partial charge in [0.15, 0.2) is 0 Å². The topological polar surface area (TPSA) is 58.2 Å². The van der Waals surface area contributed by atoms with Crippen LogP contribution in [0.1, 0.15) is 45.4 Å². The Bertz CT molecular complexity index is 898. The molecule has 2 aliphatic carbocycles. The van der Waals surface area contributed by atoms with E-state index in [-0.39, 0.29) is 5.82 Å². The first-order chi connectivity index (χ1) is 15.5. The molecule has 1 heterocycles. The molecule has 174 valence electrons. The molecule has 32 heavy (non-hydrogen) atoms. The van der Waals surface area contributed by atoms with Gasteiger partial charge in [0.05, 0.1) is 18.5 Å². The molecule has 2 aliphatic rings. The number of pyridine rings is 1. The molecule has 1 aromatic heterocycles. The summed E-state index contributed by atoms with van der Waals surface area (Å²) in [5, 5.41) is 10.3. The minimum Gasteiger partial charge on any atom is -0.383 e. The smallest absolute Gasteiger partial charge is 0.149 e. The normalized spacial score (nSPS) is 21.9. The van der Waals surface area contributed by atoms with Gasteiger partial charge in [-0.3, -0.25) is 0 Å². The van der Waals surface area contributed by atoms with Crippen molar-refractivity contribution in [1.82, 2.24) is 10.3 Å². The van der Waals surface area contributed by atoms with E-state index in [1.54, 1.807) is 25.3 Å². The number of anilines is 2. The van der Waals surface area contributed by atoms with Gasteiger partial charge in [0, 0.05) is 37.3 Å². The van der Waals surface area contributed by atoms with Crippen LogP contribution in [0.5, 0.6) is 0 Å². The lowest BCUT2D eigenvalue weighted by molar-refractivity contribution is 0.161. The summed E-state index contributed by atoms with van der Waals surface area (Å²) in [5.74, 6) is 0.560. The van der Waals surface area contributed by atoms with Gasteiger partial charge in [0.25, 0.3) is 0 Å². The van der Waals surface area contributed by atoms with Crippen molar-refractivity contribution in [3.63, 3.8) is 0 Å². The summed E-state index contributed by atoms with van der Waals surface area (Å²) >= 11 is 0. The maximum Gasteiger partial charge on any atom is 0.149 e. The van der Waals surface area contributed by atoms with Crippen molar-refractivity contribution < 1.29 is 13.5 Å². The zero-order valence-corrected chi connectivity index (χ0v) is 19.0. The number of methoxy groups -OCH3 is 1. The fourth-order valence-corrected chi connectivity index (χ4v) is 4.46. The maximum absolute atomic E-state index is 14.6. The van der Waals surface area contributed by atoms with Crippen LogP contribution in [0.25, 0.3) is 11.1 Å². The van der Waals surface area contributed by atoms with E-state index in [1.807, 2.05) is 0 Å². The van der Waals surface area contributed by atoms with E-state index in [0.717, 1.165) is 32.2 Å². The van der Waals surface area contributed by atoms with Gasteiger partial charge in [-0.15, -0.1) is 0 Å². The van der Waals surface area contributed by atoms with Crippen LogP contribution in [0.4, 0.5) is 20.3 Å². The highest BCUT2D eigenvalue weighted by atomic mass is 19.1. The molecule has 1 aromatic carbocycles. The summed E-state index contributed by atoms with van der Waals surface area (Å²) in [6.07, 6.45) is 7.83. The van der Waals surface area contributed by atoms with Gasteiger partial charge in [-0.1, -0.05) is 6.07 Å². The molecule has 1 atom stereocenters. The van der Waals surface area contributed by atoms with Crippen LogP contribution < -0.4 is 16.0 Å². The summed E-state index contributed by atoms with van der Waals surface area (Å²) in [6, 6.07) is 7.59. The molecule has 0 aliphatic heterocycles. The van der Waals surface area contributed by atoms with Crippen LogP contribution in [0, 0.1) is 17.6 Å². The molecule has 7 heteroatoms. The molecule has 2 fully saturated rings. The van der Waals surface area contributed by atoms with E-state index in [2.05, 4.69) is 27.9 Å². The molecular formula is C25H34F2N4O. The van der Waals surface area contributed by atoms with Gasteiger partial charge in [-0.05, 0) is 75.1 Å². The van der Waals surface area contributed by atoms with Gasteiger partial charge in [0.1, 0.15) is 17.5 Å². The number of rotatable bonds is 10. The summed E-state index contributed by atoms with van der Waals surface area (Å²) in [5.41, 5.74) is 1.50. The summed E-state index contributed by atoms with van der Waals surface area (Å²) in [6.45, 7) is 3.61. The molecule has 2 saturated carbocycles. The number of nitrogens with one attached hydrogen (secondary N) is 3. The van der Waals surface area contributed by atoms with Gasteiger partial charge in [0.2, 0.25) is 0 Å². The van der Waals surface area contributed by atoms with Crippen molar-refractivity contribution in [2.24, 2.45) is 5.92 Å². The zero-order chi connectivity index (χ0) is 22.5. The van der Waals surface area contributed by atoms with E-state index in [9.17, 15) is 8.78 Å². The fraction of sp³-hybridized carbons (Fsp3) is 0.560. The van der Waals surface area contributed by atoms with E-state index in [4.69, 9.17) is 4.74 Å². The number of benzene rings is 1. The molecule has 0 saturated heterocycles. The Balaban J connectivity index is 1.38. The zero-order valence-electron chi connectivity index (χ0n) is 19.0. The SMILES string of the molecule is COCC(C)NC1CCC(Nc2cc(-c3ccc(F)c(NCC4CC4)c3)c(F)cn2)CC1. The minimum atomic E-state index is -0.407. The monoisotopic (exact) mass is 444 g/mol. The Kier molecular flexibility index (Phi) is 7.58. The number of hydrogen-bond donors (Lipinski definition) is 3. The lowest BCUT2D eigenvalue weighted by Crippen LogP contribution is -2.42. The minimum absolute atomic E-state index is 0.306. The third-order valence-corrected chi connectivity index (χ3v) is 6.43. The molecular weight excluding hydrogens is 410 g/mol. The van der Waals surface area contributed by atoms with Crippen molar-refractivity contribution in [3.05, 3.63) is 42.1 Å². The van der Waals surface area contributed by atoms with Gasteiger partial charge >= 0.3 is 0 Å². The number of hydrogen-bond acceptors (Lipinski definition) is 5. The van der Waals surface area contributed by atoms with E-state index < -0.39 is 5.82 Å². The van der Waals surface area contributed by atoms with Crippen molar-refractivity contribution >= 4 is 11.5 Å². The Morgan fingerprint density at radius 1 is 1.03 bits per heavy atom. The average Bonchev–Trinajstić information content (AvgIpc) is 3.61. The second kappa shape index (κ2) is 10.6. The second-order valence-electron chi connectivity index (χ2n) is 9.28. The van der Waals surface area contributed by atoms with Gasteiger partial charge in [-0.25, -0.2) is 13.8 Å². The van der Waals surface area contributed by atoms with Crippen LogP contribution in [0.15, 0.2) is 30.5 Å². The molecule has 5 nitrogen and oxygen atoms in total. The van der Waals surface area contributed by atoms with Crippen LogP contribution >= 0.6 is 0 Å². The molecule has 0 amide bonds. The van der Waals surface area contributed by atoms with E-state index >= 15 is 0 Å². The first-order valence-corrected chi connectivity index (χ1v) is 11.7. The van der Waals surface area contributed by atoms with Gasteiger partial charge in [-0.2, -0.15) is 0 Å². The van der Waals surface area contributed by atoms with Crippen molar-refractivity contribution in [2.45, 2.75) is 63.6 Å². The third kappa shape index (κ3) is 6.17. The predicted molar refractivity (Wildman–Crippen MR) is 125 cm³/mol. The molecule has 2 aromatic rings.